The van der Waals surface area contributed by atoms with E-state index in [-0.39, 0.29) is 10.0 Å². The van der Waals surface area contributed by atoms with E-state index >= 15 is 0 Å². The van der Waals surface area contributed by atoms with Crippen LogP contribution < -0.4 is 0 Å². The van der Waals surface area contributed by atoms with Gasteiger partial charge >= 0.3 is 5.69 Å². The van der Waals surface area contributed by atoms with Crippen molar-refractivity contribution in [3.63, 3.8) is 0 Å². The lowest BCUT2D eigenvalue weighted by molar-refractivity contribution is -0.388. The van der Waals surface area contributed by atoms with Crippen LogP contribution in [0.3, 0.4) is 0 Å². The van der Waals surface area contributed by atoms with E-state index in [1.54, 1.807) is 0 Å². The maximum Gasteiger partial charge on any atom is 0.319 e. The highest BCUT2D eigenvalue weighted by Gasteiger charge is 2.23. The summed E-state index contributed by atoms with van der Waals surface area (Å²) < 4.78 is 12.7. The van der Waals surface area contributed by atoms with Crippen molar-refractivity contribution in [2.45, 2.75) is 0 Å². The molecule has 0 aliphatic heterocycles. The first-order valence-corrected chi connectivity index (χ1v) is 4.44. The molecule has 0 heterocycles. The highest BCUT2D eigenvalue weighted by atomic mass is 79.9. The number of carbonyl (C=O) groups is 1. The van der Waals surface area contributed by atoms with Crippen LogP contribution in [0.15, 0.2) is 16.6 Å². The second-order valence-corrected chi connectivity index (χ2v) is 3.42. The molecule has 7 heteroatoms. The van der Waals surface area contributed by atoms with E-state index in [2.05, 4.69) is 15.9 Å². The van der Waals surface area contributed by atoms with Crippen molar-refractivity contribution in [2.24, 2.45) is 0 Å². The molecule has 0 aromatic heterocycles. The maximum absolute atomic E-state index is 12.9. The van der Waals surface area contributed by atoms with Crippen molar-refractivity contribution in [1.29, 1.82) is 0 Å². The van der Waals surface area contributed by atoms with Crippen molar-refractivity contribution in [1.82, 2.24) is 0 Å². The van der Waals surface area contributed by atoms with Gasteiger partial charge in [0.2, 0.25) is 5.82 Å². The first-order chi connectivity index (χ1) is 6.45. The average molecular weight is 282 g/mol. The Kier molecular flexibility index (Phi) is 3.17. The third-order valence-electron chi connectivity index (χ3n) is 1.46. The van der Waals surface area contributed by atoms with Crippen LogP contribution in [0, 0.1) is 15.9 Å². The number of hydrogen-bond acceptors (Lipinski definition) is 3. The van der Waals surface area contributed by atoms with Gasteiger partial charge in [0.25, 0.3) is 5.24 Å². The second-order valence-electron chi connectivity index (χ2n) is 2.29. The fourth-order valence-corrected chi connectivity index (χ4v) is 1.78. The molecule has 0 spiro atoms. The molecule has 0 unspecified atom stereocenters. The van der Waals surface area contributed by atoms with Crippen LogP contribution in [0.2, 0.25) is 0 Å². The molecule has 0 saturated carbocycles. The smallest absolute Gasteiger partial charge is 0.276 e. The number of rotatable bonds is 2. The van der Waals surface area contributed by atoms with Gasteiger partial charge in [-0.3, -0.25) is 14.9 Å². The van der Waals surface area contributed by atoms with Crippen LogP contribution in [-0.4, -0.2) is 10.2 Å². The van der Waals surface area contributed by atoms with E-state index in [9.17, 15) is 19.3 Å². The molecular formula is C7H2BrClFNO3. The summed E-state index contributed by atoms with van der Waals surface area (Å²) in [5, 5.41) is 9.51. The second kappa shape index (κ2) is 4.02. The minimum Gasteiger partial charge on any atom is -0.276 e. The Hall–Kier alpha value is -1.01. The largest absolute Gasteiger partial charge is 0.319 e. The van der Waals surface area contributed by atoms with Gasteiger partial charge in [-0.1, -0.05) is 0 Å². The topological polar surface area (TPSA) is 60.2 Å². The van der Waals surface area contributed by atoms with Crippen molar-refractivity contribution in [3.8, 4) is 0 Å². The van der Waals surface area contributed by atoms with Gasteiger partial charge in [0.05, 0.1) is 10.5 Å². The van der Waals surface area contributed by atoms with Crippen LogP contribution in [-0.2, 0) is 0 Å². The summed E-state index contributed by atoms with van der Waals surface area (Å²) in [5.74, 6) is -1.02. The fraction of sp³-hybridized carbons (Fsp3) is 0. The lowest BCUT2D eigenvalue weighted by Crippen LogP contribution is -1.99. The standard InChI is InChI=1S/C7H2BrClFNO3/c8-5-3(7(9)12)1-2-4(10)6(5)11(13)14/h1-2H. The summed E-state index contributed by atoms with van der Waals surface area (Å²) in [4.78, 5) is 20.2. The number of carbonyl (C=O) groups excluding carboxylic acids is 1. The van der Waals surface area contributed by atoms with Crippen LogP contribution in [0.1, 0.15) is 10.4 Å². The minimum atomic E-state index is -1.02. The number of benzene rings is 1. The predicted molar refractivity (Wildman–Crippen MR) is 50.9 cm³/mol. The monoisotopic (exact) mass is 281 g/mol. The minimum absolute atomic E-state index is 0.139. The van der Waals surface area contributed by atoms with E-state index in [1.807, 2.05) is 0 Å². The molecule has 0 N–H and O–H groups in total. The summed E-state index contributed by atoms with van der Waals surface area (Å²) in [6, 6.07) is 1.89. The molecule has 0 saturated heterocycles. The highest BCUT2D eigenvalue weighted by molar-refractivity contribution is 9.10. The van der Waals surface area contributed by atoms with Gasteiger partial charge in [-0.15, -0.1) is 0 Å². The quantitative estimate of drug-likeness (QED) is 0.476. The number of halogens is 3. The van der Waals surface area contributed by atoms with Gasteiger partial charge in [0, 0.05) is 0 Å². The van der Waals surface area contributed by atoms with E-state index in [1.165, 1.54) is 0 Å². The Bertz CT molecular complexity index is 424. The molecule has 0 fully saturated rings. The number of nitro groups is 1. The Balaban J connectivity index is 3.49. The highest BCUT2D eigenvalue weighted by Crippen LogP contribution is 2.31. The molecule has 14 heavy (non-hydrogen) atoms. The first kappa shape index (κ1) is 11.1. The molecule has 1 rings (SSSR count). The van der Waals surface area contributed by atoms with Crippen LogP contribution in [0.25, 0.3) is 0 Å². The SMILES string of the molecule is O=C(Cl)c1ccc(F)c([N+](=O)[O-])c1Br. The van der Waals surface area contributed by atoms with Crippen molar-refractivity contribution in [2.75, 3.05) is 0 Å². The molecule has 4 nitrogen and oxygen atoms in total. The normalized spacial score (nSPS) is 9.93. The summed E-state index contributed by atoms with van der Waals surface area (Å²) in [5.41, 5.74) is -0.934. The number of nitro benzene ring substituents is 1. The molecule has 0 aliphatic rings. The third kappa shape index (κ3) is 1.91. The Morgan fingerprint density at radius 2 is 2.14 bits per heavy atom. The van der Waals surface area contributed by atoms with Gasteiger partial charge < -0.3 is 0 Å². The molecular weight excluding hydrogens is 280 g/mol. The van der Waals surface area contributed by atoms with E-state index in [4.69, 9.17) is 11.6 Å². The van der Waals surface area contributed by atoms with Crippen molar-refractivity contribution in [3.05, 3.63) is 38.1 Å². The van der Waals surface area contributed by atoms with Gasteiger partial charge in [-0.2, -0.15) is 4.39 Å². The van der Waals surface area contributed by atoms with Crippen LogP contribution >= 0.6 is 27.5 Å². The third-order valence-corrected chi connectivity index (χ3v) is 2.47. The first-order valence-electron chi connectivity index (χ1n) is 3.27. The van der Waals surface area contributed by atoms with E-state index < -0.39 is 21.7 Å². The van der Waals surface area contributed by atoms with E-state index in [0.29, 0.717) is 0 Å². The predicted octanol–water partition coefficient (Wildman–Crippen LogP) is 2.88. The molecule has 1 aromatic rings. The fourth-order valence-electron chi connectivity index (χ4n) is 0.860. The summed E-state index contributed by atoms with van der Waals surface area (Å²) in [6.45, 7) is 0. The Labute approximate surface area is 90.9 Å². The van der Waals surface area contributed by atoms with Crippen LogP contribution in [0.4, 0.5) is 10.1 Å². The average Bonchev–Trinajstić information content (AvgIpc) is 2.02. The molecule has 0 radical (unpaired) electrons. The molecule has 0 amide bonds. The molecule has 1 aromatic carbocycles. The Morgan fingerprint density at radius 1 is 1.57 bits per heavy atom. The lowest BCUT2D eigenvalue weighted by Gasteiger charge is -2.00. The zero-order valence-corrected chi connectivity index (χ0v) is 8.80. The molecule has 0 bridgehead atoms. The number of hydrogen-bond donors (Lipinski definition) is 0. The van der Waals surface area contributed by atoms with Crippen LogP contribution in [0.5, 0.6) is 0 Å². The van der Waals surface area contributed by atoms with Gasteiger partial charge in [-0.25, -0.2) is 0 Å². The molecule has 0 aliphatic carbocycles. The van der Waals surface area contributed by atoms with Gasteiger partial charge in [0.1, 0.15) is 4.47 Å². The number of nitrogens with zero attached hydrogens (tertiary/aromatic N) is 1. The Morgan fingerprint density at radius 3 is 2.57 bits per heavy atom. The van der Waals surface area contributed by atoms with Crippen molar-refractivity contribution >= 4 is 38.5 Å². The van der Waals surface area contributed by atoms with Gasteiger partial charge in [-0.05, 0) is 39.7 Å². The maximum atomic E-state index is 12.9. The molecule has 0 atom stereocenters. The lowest BCUT2D eigenvalue weighted by atomic mass is 10.2. The van der Waals surface area contributed by atoms with Crippen molar-refractivity contribution < 1.29 is 14.1 Å². The van der Waals surface area contributed by atoms with E-state index in [0.717, 1.165) is 12.1 Å². The zero-order chi connectivity index (χ0) is 10.9. The summed E-state index contributed by atoms with van der Waals surface area (Å²) in [6.07, 6.45) is 0. The summed E-state index contributed by atoms with van der Waals surface area (Å²) in [7, 11) is 0. The molecule has 74 valence electrons. The van der Waals surface area contributed by atoms with Gasteiger partial charge in [0.15, 0.2) is 0 Å². The zero-order valence-electron chi connectivity index (χ0n) is 6.46. The summed E-state index contributed by atoms with van der Waals surface area (Å²) >= 11 is 7.87.